The summed E-state index contributed by atoms with van der Waals surface area (Å²) in [5, 5.41) is 11.1. The summed E-state index contributed by atoms with van der Waals surface area (Å²) in [5.74, 6) is -8.63. The Morgan fingerprint density at radius 1 is 1.02 bits per heavy atom. The summed E-state index contributed by atoms with van der Waals surface area (Å²) in [4.78, 5) is 38.8. The van der Waals surface area contributed by atoms with Gasteiger partial charge >= 0.3 is 6.18 Å². The van der Waals surface area contributed by atoms with E-state index in [0.29, 0.717) is 17.0 Å². The molecule has 1 saturated carbocycles. The standard InChI is InChI=1S/C29H18Cl3F6N3O3/c1-41(22(43)8-9-39)26-20(34)7-3-14(25(26)35)11-21(42)16-12-15(4-5-18(16)30)40-27(44)24-23(28(24,31)32)13-2-6-19(33)17(10-13)29(36,37)38/h2-7,10,12,23-24H,8,11H2,1H3,(H,40,44)/t23-,24+/m0/s1. The van der Waals surface area contributed by atoms with Gasteiger partial charge in [-0.15, -0.1) is 23.2 Å². The molecular weight excluding hydrogens is 659 g/mol. The molecule has 0 bridgehead atoms. The van der Waals surface area contributed by atoms with Crippen molar-refractivity contribution >= 4 is 63.8 Å². The van der Waals surface area contributed by atoms with E-state index in [-0.39, 0.29) is 27.4 Å². The summed E-state index contributed by atoms with van der Waals surface area (Å²) in [6.45, 7) is 0. The first kappa shape index (κ1) is 33.1. The fourth-order valence-electron chi connectivity index (χ4n) is 4.66. The second kappa shape index (κ2) is 12.3. The first-order chi connectivity index (χ1) is 20.5. The Hall–Kier alpha value is -3.79. The van der Waals surface area contributed by atoms with Crippen LogP contribution in [0.4, 0.5) is 37.7 Å². The monoisotopic (exact) mass is 675 g/mol. The second-order valence-electron chi connectivity index (χ2n) is 9.81. The van der Waals surface area contributed by atoms with Gasteiger partial charge in [-0.3, -0.25) is 14.4 Å². The summed E-state index contributed by atoms with van der Waals surface area (Å²) in [6, 6.07) is 9.33. The molecule has 0 heterocycles. The predicted molar refractivity (Wildman–Crippen MR) is 150 cm³/mol. The van der Waals surface area contributed by atoms with Gasteiger partial charge in [-0.25, -0.2) is 13.2 Å². The molecule has 1 N–H and O–H groups in total. The van der Waals surface area contributed by atoms with Crippen molar-refractivity contribution in [1.29, 1.82) is 5.26 Å². The van der Waals surface area contributed by atoms with E-state index in [0.717, 1.165) is 31.3 Å². The highest BCUT2D eigenvalue weighted by Crippen LogP contribution is 2.65. The summed E-state index contributed by atoms with van der Waals surface area (Å²) in [5.41, 5.74) is -2.87. The summed E-state index contributed by atoms with van der Waals surface area (Å²) in [6.07, 6.45) is -6.27. The van der Waals surface area contributed by atoms with Crippen molar-refractivity contribution in [2.24, 2.45) is 5.92 Å². The van der Waals surface area contributed by atoms with Gasteiger partial charge in [0, 0.05) is 30.6 Å². The van der Waals surface area contributed by atoms with Crippen LogP contribution >= 0.6 is 34.8 Å². The summed E-state index contributed by atoms with van der Waals surface area (Å²) in [7, 11) is 1.07. The SMILES string of the molecule is CN(C(=O)CC#N)c1c(F)ccc(CC(=O)c2cc(NC(=O)[C@H]3[C@H](c4ccc(F)c(C(F)(F)F)c4)C3(Cl)Cl)ccc2Cl)c1F. The molecule has 0 aromatic heterocycles. The number of Topliss-reactive ketones (excluding diaryl/α,β-unsaturated/α-hetero) is 1. The lowest BCUT2D eigenvalue weighted by atomic mass is 10.0. The maximum atomic E-state index is 15.2. The van der Waals surface area contributed by atoms with Crippen LogP contribution in [0.1, 0.15) is 39.4 Å². The lowest BCUT2D eigenvalue weighted by Crippen LogP contribution is -2.28. The minimum atomic E-state index is -5.00. The van der Waals surface area contributed by atoms with Gasteiger partial charge in [0.2, 0.25) is 11.8 Å². The second-order valence-corrected chi connectivity index (χ2v) is 11.7. The molecular formula is C29H18Cl3F6N3O3. The Kier molecular flexibility index (Phi) is 9.26. The number of ketones is 1. The Bertz CT molecular complexity index is 1720. The number of hydrogen-bond acceptors (Lipinski definition) is 4. The molecule has 15 heteroatoms. The van der Waals surface area contributed by atoms with Gasteiger partial charge in [0.1, 0.15) is 28.1 Å². The van der Waals surface area contributed by atoms with Crippen molar-refractivity contribution in [3.05, 3.63) is 93.3 Å². The molecule has 0 aliphatic heterocycles. The van der Waals surface area contributed by atoms with Gasteiger partial charge in [0.05, 0.1) is 22.6 Å². The van der Waals surface area contributed by atoms with E-state index in [1.807, 2.05) is 0 Å². The van der Waals surface area contributed by atoms with Gasteiger partial charge in [0.25, 0.3) is 0 Å². The Morgan fingerprint density at radius 3 is 2.32 bits per heavy atom. The number of alkyl halides is 5. The van der Waals surface area contributed by atoms with E-state index in [4.69, 9.17) is 40.1 Å². The minimum Gasteiger partial charge on any atom is -0.326 e. The zero-order chi connectivity index (χ0) is 32.7. The highest BCUT2D eigenvalue weighted by molar-refractivity contribution is 6.53. The van der Waals surface area contributed by atoms with Gasteiger partial charge in [-0.2, -0.15) is 18.4 Å². The van der Waals surface area contributed by atoms with Crippen LogP contribution in [0.2, 0.25) is 5.02 Å². The molecule has 3 aromatic rings. The van der Waals surface area contributed by atoms with Crippen molar-refractivity contribution < 1.29 is 40.7 Å². The third kappa shape index (κ3) is 6.50. The first-order valence-electron chi connectivity index (χ1n) is 12.5. The molecule has 0 saturated heterocycles. The Morgan fingerprint density at radius 2 is 1.68 bits per heavy atom. The average Bonchev–Trinajstić information content (AvgIpc) is 3.52. The number of nitrogens with zero attached hydrogens (tertiary/aromatic N) is 2. The van der Waals surface area contributed by atoms with Crippen LogP contribution in [0, 0.1) is 34.7 Å². The van der Waals surface area contributed by atoms with Gasteiger partial charge < -0.3 is 10.2 Å². The third-order valence-corrected chi connectivity index (χ3v) is 8.23. The van der Waals surface area contributed by atoms with Crippen molar-refractivity contribution in [3.63, 3.8) is 0 Å². The van der Waals surface area contributed by atoms with E-state index in [1.165, 1.54) is 12.1 Å². The molecule has 1 aliphatic rings. The number of halogens is 9. The number of amides is 2. The zero-order valence-corrected chi connectivity index (χ0v) is 24.5. The quantitative estimate of drug-likeness (QED) is 0.151. The molecule has 4 rings (SSSR count). The summed E-state index contributed by atoms with van der Waals surface area (Å²) >= 11 is 18.6. The predicted octanol–water partition coefficient (Wildman–Crippen LogP) is 7.60. The molecule has 2 amide bonds. The van der Waals surface area contributed by atoms with Crippen LogP contribution in [0.3, 0.4) is 0 Å². The number of carbonyl (C=O) groups is 3. The Balaban J connectivity index is 1.54. The van der Waals surface area contributed by atoms with Gasteiger partial charge in [-0.1, -0.05) is 23.7 Å². The molecule has 230 valence electrons. The van der Waals surface area contributed by atoms with Crippen LogP contribution in [-0.4, -0.2) is 29.0 Å². The molecule has 0 spiro atoms. The number of hydrogen-bond donors (Lipinski definition) is 1. The van der Waals surface area contributed by atoms with Gasteiger partial charge in [-0.05, 0) is 47.5 Å². The maximum absolute atomic E-state index is 15.2. The largest absolute Gasteiger partial charge is 0.419 e. The molecule has 0 radical (unpaired) electrons. The normalized spacial score (nSPS) is 17.0. The molecule has 44 heavy (non-hydrogen) atoms. The number of nitriles is 1. The van der Waals surface area contributed by atoms with Gasteiger partial charge in [0.15, 0.2) is 11.6 Å². The zero-order valence-electron chi connectivity index (χ0n) is 22.2. The number of anilines is 2. The van der Waals surface area contributed by atoms with Crippen molar-refractivity contribution in [2.45, 2.75) is 29.3 Å². The van der Waals surface area contributed by atoms with Crippen LogP contribution in [0.5, 0.6) is 0 Å². The van der Waals surface area contributed by atoms with Crippen LogP contribution in [-0.2, 0) is 22.2 Å². The Labute approximate surface area is 261 Å². The fourth-order valence-corrected chi connectivity index (χ4v) is 5.71. The van der Waals surface area contributed by atoms with E-state index in [9.17, 15) is 36.3 Å². The van der Waals surface area contributed by atoms with E-state index < -0.39 is 81.5 Å². The highest BCUT2D eigenvalue weighted by atomic mass is 35.5. The van der Waals surface area contributed by atoms with E-state index in [1.54, 1.807) is 6.07 Å². The van der Waals surface area contributed by atoms with Crippen molar-refractivity contribution in [1.82, 2.24) is 0 Å². The average molecular weight is 677 g/mol. The van der Waals surface area contributed by atoms with Crippen molar-refractivity contribution in [3.8, 4) is 6.07 Å². The molecule has 6 nitrogen and oxygen atoms in total. The summed E-state index contributed by atoms with van der Waals surface area (Å²) < 4.78 is 81.1. The molecule has 1 aliphatic carbocycles. The van der Waals surface area contributed by atoms with Crippen LogP contribution in [0.25, 0.3) is 0 Å². The maximum Gasteiger partial charge on any atom is 0.419 e. The number of carbonyl (C=O) groups excluding carboxylic acids is 3. The lowest BCUT2D eigenvalue weighted by molar-refractivity contribution is -0.140. The van der Waals surface area contributed by atoms with E-state index >= 15 is 4.39 Å². The minimum absolute atomic E-state index is 0.00900. The molecule has 1 fully saturated rings. The van der Waals surface area contributed by atoms with E-state index in [2.05, 4.69) is 5.32 Å². The first-order valence-corrected chi connectivity index (χ1v) is 13.6. The van der Waals surface area contributed by atoms with Crippen molar-refractivity contribution in [2.75, 3.05) is 17.3 Å². The topological polar surface area (TPSA) is 90.3 Å². The fraction of sp³-hybridized carbons (Fsp3) is 0.241. The lowest BCUT2D eigenvalue weighted by Gasteiger charge is -2.19. The molecule has 3 aromatic carbocycles. The number of benzene rings is 3. The number of nitrogens with one attached hydrogen (secondary N) is 1. The highest BCUT2D eigenvalue weighted by Gasteiger charge is 2.67. The molecule has 2 atom stereocenters. The third-order valence-electron chi connectivity index (χ3n) is 6.96. The van der Waals surface area contributed by atoms with Crippen LogP contribution in [0.15, 0.2) is 48.5 Å². The number of rotatable bonds is 8. The smallest absolute Gasteiger partial charge is 0.326 e. The van der Waals surface area contributed by atoms with Crippen LogP contribution < -0.4 is 10.2 Å². The molecule has 0 unspecified atom stereocenters.